The number of aromatic nitrogens is 1. The van der Waals surface area contributed by atoms with Crippen LogP contribution in [0.25, 0.3) is 10.9 Å². The van der Waals surface area contributed by atoms with Gasteiger partial charge in [0.1, 0.15) is 5.69 Å². The zero-order valence-electron chi connectivity index (χ0n) is 13.0. The molecule has 6 heteroatoms. The van der Waals surface area contributed by atoms with Gasteiger partial charge in [0.15, 0.2) is 11.6 Å². The van der Waals surface area contributed by atoms with Crippen LogP contribution in [0, 0.1) is 11.6 Å². The van der Waals surface area contributed by atoms with Crippen LogP contribution in [-0.2, 0) is 0 Å². The average molecular weight is 319 g/mol. The highest BCUT2D eigenvalue weighted by molar-refractivity contribution is 5.95. The van der Waals surface area contributed by atoms with Crippen LogP contribution in [0.4, 0.5) is 8.78 Å². The first-order valence-electron chi connectivity index (χ1n) is 7.76. The molecule has 1 amide bonds. The van der Waals surface area contributed by atoms with Crippen molar-refractivity contribution in [2.24, 2.45) is 0 Å². The van der Waals surface area contributed by atoms with Crippen molar-refractivity contribution in [3.05, 3.63) is 41.6 Å². The highest BCUT2D eigenvalue weighted by Crippen LogP contribution is 2.34. The van der Waals surface area contributed by atoms with Crippen LogP contribution < -0.4 is 10.6 Å². The standard InChI is InChI=1S/C17H19F2N3O/c1-20-10-9-17(7-2-8-17)22-16(23)14-5-3-11-13(21-14)6-4-12(18)15(11)19/h3-6,20H,2,7-10H2,1H3,(H,22,23). The minimum Gasteiger partial charge on any atom is -0.345 e. The summed E-state index contributed by atoms with van der Waals surface area (Å²) in [5, 5.41) is 6.24. The van der Waals surface area contributed by atoms with Gasteiger partial charge in [0.25, 0.3) is 5.91 Å². The van der Waals surface area contributed by atoms with E-state index in [1.165, 1.54) is 18.2 Å². The van der Waals surface area contributed by atoms with Crippen molar-refractivity contribution in [2.75, 3.05) is 13.6 Å². The quantitative estimate of drug-likeness (QED) is 0.891. The third-order valence-electron chi connectivity index (χ3n) is 4.53. The number of nitrogens with zero attached hydrogens (tertiary/aromatic N) is 1. The molecule has 0 unspecified atom stereocenters. The van der Waals surface area contributed by atoms with Crippen molar-refractivity contribution in [3.63, 3.8) is 0 Å². The van der Waals surface area contributed by atoms with Gasteiger partial charge >= 0.3 is 0 Å². The minimum atomic E-state index is -0.938. The summed E-state index contributed by atoms with van der Waals surface area (Å²) in [6, 6.07) is 5.23. The molecule has 4 nitrogen and oxygen atoms in total. The Balaban J connectivity index is 1.82. The van der Waals surface area contributed by atoms with Gasteiger partial charge in [-0.2, -0.15) is 0 Å². The maximum absolute atomic E-state index is 13.7. The predicted molar refractivity (Wildman–Crippen MR) is 84.3 cm³/mol. The lowest BCUT2D eigenvalue weighted by Gasteiger charge is -2.42. The zero-order valence-corrected chi connectivity index (χ0v) is 13.0. The predicted octanol–water partition coefficient (Wildman–Crippen LogP) is 2.78. The largest absolute Gasteiger partial charge is 0.345 e. The minimum absolute atomic E-state index is 0.0788. The summed E-state index contributed by atoms with van der Waals surface area (Å²) in [6.45, 7) is 0.829. The number of carbonyl (C=O) groups excluding carboxylic acids is 1. The molecule has 0 radical (unpaired) electrons. The van der Waals surface area contributed by atoms with Crippen LogP contribution in [0.3, 0.4) is 0 Å². The molecule has 122 valence electrons. The maximum atomic E-state index is 13.7. The number of amides is 1. The lowest BCUT2D eigenvalue weighted by Crippen LogP contribution is -2.54. The van der Waals surface area contributed by atoms with Crippen molar-refractivity contribution in [3.8, 4) is 0 Å². The number of hydrogen-bond acceptors (Lipinski definition) is 3. The van der Waals surface area contributed by atoms with Crippen molar-refractivity contribution in [1.82, 2.24) is 15.6 Å². The molecule has 0 bridgehead atoms. The van der Waals surface area contributed by atoms with E-state index in [0.717, 1.165) is 38.3 Å². The van der Waals surface area contributed by atoms with Gasteiger partial charge in [0.2, 0.25) is 0 Å². The Morgan fingerprint density at radius 3 is 2.70 bits per heavy atom. The number of carbonyl (C=O) groups is 1. The van der Waals surface area contributed by atoms with Crippen molar-refractivity contribution in [2.45, 2.75) is 31.2 Å². The molecule has 3 rings (SSSR count). The second-order valence-electron chi connectivity index (χ2n) is 6.07. The lowest BCUT2D eigenvalue weighted by atomic mass is 9.74. The van der Waals surface area contributed by atoms with E-state index in [9.17, 15) is 13.6 Å². The SMILES string of the molecule is CNCCC1(NC(=O)c2ccc3c(F)c(F)ccc3n2)CCC1. The Labute approximate surface area is 133 Å². The summed E-state index contributed by atoms with van der Waals surface area (Å²) in [4.78, 5) is 16.6. The van der Waals surface area contributed by atoms with E-state index < -0.39 is 11.6 Å². The maximum Gasteiger partial charge on any atom is 0.270 e. The summed E-state index contributed by atoms with van der Waals surface area (Å²) >= 11 is 0. The van der Waals surface area contributed by atoms with Gasteiger partial charge < -0.3 is 10.6 Å². The number of benzene rings is 1. The second-order valence-corrected chi connectivity index (χ2v) is 6.07. The van der Waals surface area contributed by atoms with Crippen LogP contribution in [-0.4, -0.2) is 30.0 Å². The molecule has 0 spiro atoms. The Morgan fingerprint density at radius 1 is 1.26 bits per heavy atom. The van der Waals surface area contributed by atoms with E-state index in [2.05, 4.69) is 15.6 Å². The van der Waals surface area contributed by atoms with Crippen LogP contribution in [0.1, 0.15) is 36.2 Å². The van der Waals surface area contributed by atoms with Gasteiger partial charge in [-0.1, -0.05) is 0 Å². The molecule has 0 atom stereocenters. The summed E-state index contributed by atoms with van der Waals surface area (Å²) < 4.78 is 26.9. The third-order valence-corrected chi connectivity index (χ3v) is 4.53. The lowest BCUT2D eigenvalue weighted by molar-refractivity contribution is 0.0808. The molecule has 2 N–H and O–H groups in total. The van der Waals surface area contributed by atoms with E-state index in [1.54, 1.807) is 0 Å². The first-order chi connectivity index (χ1) is 11.0. The van der Waals surface area contributed by atoms with Crippen LogP contribution in [0.5, 0.6) is 0 Å². The zero-order chi connectivity index (χ0) is 16.4. The molecule has 1 aromatic heterocycles. The fraction of sp³-hybridized carbons (Fsp3) is 0.412. The summed E-state index contributed by atoms with van der Waals surface area (Å²) in [5.74, 6) is -2.13. The van der Waals surface area contributed by atoms with Crippen LogP contribution in [0.2, 0.25) is 0 Å². The molecule has 0 saturated heterocycles. The Kier molecular flexibility index (Phi) is 4.26. The van der Waals surface area contributed by atoms with E-state index in [0.29, 0.717) is 0 Å². The van der Waals surface area contributed by atoms with Gasteiger partial charge in [-0.25, -0.2) is 13.8 Å². The molecular formula is C17H19F2N3O. The molecule has 1 aliphatic carbocycles. The molecule has 1 aliphatic rings. The van der Waals surface area contributed by atoms with E-state index in [-0.39, 0.29) is 28.0 Å². The monoisotopic (exact) mass is 319 g/mol. The molecule has 0 aliphatic heterocycles. The molecule has 1 fully saturated rings. The summed E-state index contributed by atoms with van der Waals surface area (Å²) in [7, 11) is 1.88. The fourth-order valence-electron chi connectivity index (χ4n) is 2.98. The smallest absolute Gasteiger partial charge is 0.270 e. The number of fused-ring (bicyclic) bond motifs is 1. The number of rotatable bonds is 5. The van der Waals surface area contributed by atoms with Gasteiger partial charge in [-0.15, -0.1) is 0 Å². The Morgan fingerprint density at radius 2 is 2.04 bits per heavy atom. The Bertz CT molecular complexity index is 744. The molecule has 2 aromatic rings. The summed E-state index contributed by atoms with van der Waals surface area (Å²) in [5.41, 5.74) is 0.318. The molecule has 1 aromatic carbocycles. The molecule has 1 heterocycles. The van der Waals surface area contributed by atoms with Crippen molar-refractivity contribution >= 4 is 16.8 Å². The highest BCUT2D eigenvalue weighted by atomic mass is 19.2. The van der Waals surface area contributed by atoms with Gasteiger partial charge in [0.05, 0.1) is 5.52 Å². The number of halogens is 2. The van der Waals surface area contributed by atoms with Crippen LogP contribution in [0.15, 0.2) is 24.3 Å². The second kappa shape index (κ2) is 6.20. The normalized spacial score (nSPS) is 16.1. The van der Waals surface area contributed by atoms with Crippen molar-refractivity contribution in [1.29, 1.82) is 0 Å². The van der Waals surface area contributed by atoms with E-state index >= 15 is 0 Å². The fourth-order valence-corrected chi connectivity index (χ4v) is 2.98. The summed E-state index contributed by atoms with van der Waals surface area (Å²) in [6.07, 6.45) is 3.87. The number of hydrogen-bond donors (Lipinski definition) is 2. The molecule has 23 heavy (non-hydrogen) atoms. The van der Waals surface area contributed by atoms with Gasteiger partial charge in [0, 0.05) is 10.9 Å². The first kappa shape index (κ1) is 15.8. The first-order valence-corrected chi connectivity index (χ1v) is 7.76. The van der Waals surface area contributed by atoms with E-state index in [4.69, 9.17) is 0 Å². The topological polar surface area (TPSA) is 54.0 Å². The van der Waals surface area contributed by atoms with Gasteiger partial charge in [-0.05, 0) is 63.5 Å². The van der Waals surface area contributed by atoms with Crippen LogP contribution >= 0.6 is 0 Å². The molecule has 1 saturated carbocycles. The van der Waals surface area contributed by atoms with Gasteiger partial charge in [-0.3, -0.25) is 4.79 Å². The molecular weight excluding hydrogens is 300 g/mol. The Hall–Kier alpha value is -2.08. The number of pyridine rings is 1. The van der Waals surface area contributed by atoms with Crippen molar-refractivity contribution < 1.29 is 13.6 Å². The average Bonchev–Trinajstić information content (AvgIpc) is 2.53. The van der Waals surface area contributed by atoms with E-state index in [1.807, 2.05) is 7.05 Å². The third kappa shape index (κ3) is 3.03. The number of nitrogens with one attached hydrogen (secondary N) is 2. The highest BCUT2D eigenvalue weighted by Gasteiger charge is 2.38.